The summed E-state index contributed by atoms with van der Waals surface area (Å²) in [6.07, 6.45) is 1.53. The van der Waals surface area contributed by atoms with Crippen LogP contribution in [0, 0.1) is 5.92 Å². The van der Waals surface area contributed by atoms with Crippen LogP contribution in [0.25, 0.3) is 0 Å². The monoisotopic (exact) mass is 304 g/mol. The first-order valence-electron chi connectivity index (χ1n) is 6.65. The number of nitrogens with zero attached hydrogens (tertiary/aromatic N) is 2. The first-order valence-corrected chi connectivity index (χ1v) is 7.88. The van der Waals surface area contributed by atoms with E-state index < -0.39 is 12.0 Å². The van der Waals surface area contributed by atoms with Crippen LogP contribution in [0.4, 0.5) is 5.69 Å². The van der Waals surface area contributed by atoms with Crippen LogP contribution in [0.1, 0.15) is 6.92 Å². The van der Waals surface area contributed by atoms with Crippen molar-refractivity contribution in [1.29, 1.82) is 0 Å². The SMILES string of the molecule is CSC1=NC2C(C(C)=O)C(=O)N(c3ccccc3)C2NN1. The van der Waals surface area contributed by atoms with Crippen LogP contribution in [0.15, 0.2) is 35.3 Å². The van der Waals surface area contributed by atoms with Gasteiger partial charge < -0.3 is 0 Å². The Bertz CT molecular complexity index is 604. The summed E-state index contributed by atoms with van der Waals surface area (Å²) in [6, 6.07) is 8.93. The molecular formula is C14H16N4O2S. The number of hydrazine groups is 1. The average molecular weight is 304 g/mol. The molecule has 1 amide bonds. The predicted molar refractivity (Wildman–Crippen MR) is 82.9 cm³/mol. The van der Waals surface area contributed by atoms with E-state index >= 15 is 0 Å². The molecule has 21 heavy (non-hydrogen) atoms. The number of fused-ring (bicyclic) bond motifs is 1. The van der Waals surface area contributed by atoms with Crippen LogP contribution in [0.2, 0.25) is 0 Å². The Labute approximate surface area is 127 Å². The smallest absolute Gasteiger partial charge is 0.241 e. The lowest BCUT2D eigenvalue weighted by molar-refractivity contribution is -0.129. The van der Waals surface area contributed by atoms with E-state index in [9.17, 15) is 9.59 Å². The fraction of sp³-hybridized carbons (Fsp3) is 0.357. The third-order valence-corrected chi connectivity index (χ3v) is 4.30. The number of anilines is 1. The summed E-state index contributed by atoms with van der Waals surface area (Å²) in [5.41, 5.74) is 6.84. The molecule has 1 saturated heterocycles. The van der Waals surface area contributed by atoms with E-state index in [4.69, 9.17) is 0 Å². The Balaban J connectivity index is 2.03. The number of amides is 1. The molecule has 2 aliphatic rings. The largest absolute Gasteiger partial charge is 0.299 e. The van der Waals surface area contributed by atoms with Crippen molar-refractivity contribution in [3.05, 3.63) is 30.3 Å². The topological polar surface area (TPSA) is 73.8 Å². The summed E-state index contributed by atoms with van der Waals surface area (Å²) in [5, 5.41) is 0.685. The molecule has 0 bridgehead atoms. The molecule has 0 aromatic heterocycles. The second-order valence-corrected chi connectivity index (χ2v) is 5.77. The molecule has 7 heteroatoms. The lowest BCUT2D eigenvalue weighted by atomic mass is 9.98. The van der Waals surface area contributed by atoms with Gasteiger partial charge in [-0.3, -0.25) is 24.9 Å². The number of benzene rings is 1. The van der Waals surface area contributed by atoms with Crippen molar-refractivity contribution in [1.82, 2.24) is 10.9 Å². The Morgan fingerprint density at radius 2 is 2.05 bits per heavy atom. The van der Waals surface area contributed by atoms with Gasteiger partial charge in [-0.15, -0.1) is 0 Å². The van der Waals surface area contributed by atoms with Crippen LogP contribution in [-0.4, -0.2) is 35.3 Å². The van der Waals surface area contributed by atoms with E-state index in [-0.39, 0.29) is 17.9 Å². The zero-order chi connectivity index (χ0) is 15.0. The van der Waals surface area contributed by atoms with Crippen molar-refractivity contribution in [3.8, 4) is 0 Å². The molecule has 1 fully saturated rings. The molecule has 3 atom stereocenters. The number of nitrogens with one attached hydrogen (secondary N) is 2. The molecule has 0 aliphatic carbocycles. The fourth-order valence-electron chi connectivity index (χ4n) is 2.76. The maximum Gasteiger partial charge on any atom is 0.241 e. The van der Waals surface area contributed by atoms with Gasteiger partial charge in [0.05, 0.1) is 0 Å². The van der Waals surface area contributed by atoms with E-state index in [1.54, 1.807) is 4.90 Å². The lowest BCUT2D eigenvalue weighted by Gasteiger charge is -2.31. The number of rotatable bonds is 2. The molecule has 1 aromatic rings. The zero-order valence-corrected chi connectivity index (χ0v) is 12.6. The predicted octanol–water partition coefficient (Wildman–Crippen LogP) is 0.760. The number of thioether (sulfide) groups is 1. The second-order valence-electron chi connectivity index (χ2n) is 4.98. The number of hydrogen-bond donors (Lipinski definition) is 2. The first-order chi connectivity index (χ1) is 10.1. The van der Waals surface area contributed by atoms with E-state index in [0.717, 1.165) is 5.69 Å². The highest BCUT2D eigenvalue weighted by atomic mass is 32.2. The van der Waals surface area contributed by atoms with Crippen molar-refractivity contribution in [3.63, 3.8) is 0 Å². The van der Waals surface area contributed by atoms with E-state index in [2.05, 4.69) is 15.8 Å². The third-order valence-electron chi connectivity index (χ3n) is 3.71. The number of carbonyl (C=O) groups excluding carboxylic acids is 2. The van der Waals surface area contributed by atoms with Gasteiger partial charge in [0.2, 0.25) is 5.91 Å². The Hall–Kier alpha value is -1.86. The van der Waals surface area contributed by atoms with Gasteiger partial charge in [-0.25, -0.2) is 5.43 Å². The van der Waals surface area contributed by atoms with Gasteiger partial charge in [0.15, 0.2) is 5.17 Å². The molecule has 2 heterocycles. The number of amidine groups is 1. The van der Waals surface area contributed by atoms with Gasteiger partial charge >= 0.3 is 0 Å². The van der Waals surface area contributed by atoms with E-state index in [1.165, 1.54) is 18.7 Å². The summed E-state index contributed by atoms with van der Waals surface area (Å²) in [4.78, 5) is 30.7. The van der Waals surface area contributed by atoms with Gasteiger partial charge in [0, 0.05) is 5.69 Å². The number of para-hydroxylation sites is 1. The summed E-state index contributed by atoms with van der Waals surface area (Å²) in [7, 11) is 0. The van der Waals surface area contributed by atoms with Crippen molar-refractivity contribution >= 4 is 34.3 Å². The summed E-state index contributed by atoms with van der Waals surface area (Å²) < 4.78 is 0. The Kier molecular flexibility index (Phi) is 3.69. The molecule has 0 saturated carbocycles. The number of hydrogen-bond acceptors (Lipinski definition) is 6. The summed E-state index contributed by atoms with van der Waals surface area (Å²) >= 11 is 1.44. The van der Waals surface area contributed by atoms with Gasteiger partial charge in [-0.1, -0.05) is 30.0 Å². The molecule has 3 unspecified atom stereocenters. The highest BCUT2D eigenvalue weighted by molar-refractivity contribution is 8.13. The van der Waals surface area contributed by atoms with Crippen LogP contribution in [-0.2, 0) is 9.59 Å². The second kappa shape index (κ2) is 5.50. The Morgan fingerprint density at radius 3 is 2.67 bits per heavy atom. The highest BCUT2D eigenvalue weighted by Gasteiger charge is 2.52. The Morgan fingerprint density at radius 1 is 1.33 bits per heavy atom. The van der Waals surface area contributed by atoms with Crippen LogP contribution in [0.5, 0.6) is 0 Å². The van der Waals surface area contributed by atoms with Crippen molar-refractivity contribution in [2.24, 2.45) is 10.9 Å². The number of ketones is 1. The molecule has 110 valence electrons. The molecule has 0 spiro atoms. The van der Waals surface area contributed by atoms with Crippen molar-refractivity contribution < 1.29 is 9.59 Å². The van der Waals surface area contributed by atoms with Crippen LogP contribution >= 0.6 is 11.8 Å². The molecule has 2 aliphatic heterocycles. The van der Waals surface area contributed by atoms with Gasteiger partial charge in [0.1, 0.15) is 23.9 Å². The molecule has 6 nitrogen and oxygen atoms in total. The van der Waals surface area contributed by atoms with E-state index in [1.807, 2.05) is 36.6 Å². The van der Waals surface area contributed by atoms with Crippen molar-refractivity contribution in [2.75, 3.05) is 11.2 Å². The summed E-state index contributed by atoms with van der Waals surface area (Å²) in [6.45, 7) is 1.45. The minimum atomic E-state index is -0.730. The maximum absolute atomic E-state index is 12.7. The molecular weight excluding hydrogens is 288 g/mol. The van der Waals surface area contributed by atoms with Crippen molar-refractivity contribution in [2.45, 2.75) is 19.1 Å². The minimum Gasteiger partial charge on any atom is -0.299 e. The number of aliphatic imine (C=N–C) groups is 1. The molecule has 1 aromatic carbocycles. The quantitative estimate of drug-likeness (QED) is 0.789. The van der Waals surface area contributed by atoms with Gasteiger partial charge in [-0.2, -0.15) is 0 Å². The standard InChI is InChI=1S/C14H16N4O2S/c1-8(19)10-11-12(16-17-14(15-11)21-2)18(13(10)20)9-6-4-3-5-7-9/h3-7,10-12,16H,1-2H3,(H,15,17). The zero-order valence-electron chi connectivity index (χ0n) is 11.7. The van der Waals surface area contributed by atoms with Gasteiger partial charge in [0.25, 0.3) is 0 Å². The summed E-state index contributed by atoms with van der Waals surface area (Å²) in [5.74, 6) is -1.09. The molecule has 3 rings (SSSR count). The maximum atomic E-state index is 12.7. The highest BCUT2D eigenvalue weighted by Crippen LogP contribution is 2.33. The normalized spacial score (nSPS) is 27.9. The first kappa shape index (κ1) is 14.1. The van der Waals surface area contributed by atoms with Gasteiger partial charge in [-0.05, 0) is 25.3 Å². The average Bonchev–Trinajstić information content (AvgIpc) is 2.79. The third kappa shape index (κ3) is 2.32. The minimum absolute atomic E-state index is 0.152. The van der Waals surface area contributed by atoms with E-state index in [0.29, 0.717) is 5.17 Å². The van der Waals surface area contributed by atoms with Crippen LogP contribution < -0.4 is 15.8 Å². The number of carbonyl (C=O) groups is 2. The molecule has 2 N–H and O–H groups in total. The van der Waals surface area contributed by atoms with Crippen LogP contribution in [0.3, 0.4) is 0 Å². The fourth-order valence-corrected chi connectivity index (χ4v) is 3.15. The lowest BCUT2D eigenvalue weighted by Crippen LogP contribution is -2.58. The molecule has 0 radical (unpaired) electrons. The number of Topliss-reactive ketones (excluding diaryl/α,β-unsaturated/α-hetero) is 1.